The lowest BCUT2D eigenvalue weighted by molar-refractivity contribution is -0.138. The van der Waals surface area contributed by atoms with Gasteiger partial charge in [-0.15, -0.1) is 0 Å². The monoisotopic (exact) mass is 287 g/mol. The summed E-state index contributed by atoms with van der Waals surface area (Å²) in [6.45, 7) is 1.67. The molecule has 0 spiro atoms. The predicted molar refractivity (Wildman–Crippen MR) is 76.7 cm³/mol. The highest BCUT2D eigenvalue weighted by Gasteiger charge is 2.27. The lowest BCUT2D eigenvalue weighted by Gasteiger charge is -2.21. The van der Waals surface area contributed by atoms with Crippen LogP contribution < -0.4 is 0 Å². The van der Waals surface area contributed by atoms with Gasteiger partial charge in [-0.1, -0.05) is 30.3 Å². The first-order valence-electron chi connectivity index (χ1n) is 6.52. The normalized spacial score (nSPS) is 11.8. The number of carbonyl (C=O) groups is 2. The third-order valence-electron chi connectivity index (χ3n) is 3.07. The van der Waals surface area contributed by atoms with E-state index in [1.807, 2.05) is 6.07 Å². The first-order chi connectivity index (χ1) is 10.0. The minimum absolute atomic E-state index is 0.296. The molecule has 0 aliphatic rings. The number of benzene rings is 1. The molecule has 0 saturated carbocycles. The molecule has 1 atom stereocenters. The summed E-state index contributed by atoms with van der Waals surface area (Å²) in [4.78, 5) is 25.8. The molecule has 0 fully saturated rings. The number of aryl methyl sites for hydroxylation is 1. The van der Waals surface area contributed by atoms with E-state index in [0.29, 0.717) is 16.9 Å². The van der Waals surface area contributed by atoms with Crippen molar-refractivity contribution in [1.82, 2.24) is 4.90 Å². The van der Waals surface area contributed by atoms with Crippen LogP contribution in [0.15, 0.2) is 47.1 Å². The number of ether oxygens (including phenoxy) is 1. The molecule has 0 N–H and O–H groups in total. The van der Waals surface area contributed by atoms with Crippen molar-refractivity contribution in [3.8, 4) is 0 Å². The second-order valence-corrected chi connectivity index (χ2v) is 4.82. The largest absolute Gasteiger partial charge is 0.469 e. The van der Waals surface area contributed by atoms with E-state index < -0.39 is 12.1 Å². The van der Waals surface area contributed by atoms with Crippen LogP contribution in [0.5, 0.6) is 0 Å². The summed E-state index contributed by atoms with van der Waals surface area (Å²) in [5.74, 6) is -0.412. The SMILES string of the molecule is Cc1occc1C(=O)O[C@@H](C(=O)N(C)C)c1ccccc1. The molecule has 0 unspecified atom stereocenters. The van der Waals surface area contributed by atoms with Crippen molar-refractivity contribution in [3.63, 3.8) is 0 Å². The van der Waals surface area contributed by atoms with Gasteiger partial charge in [0.1, 0.15) is 11.3 Å². The molecule has 2 aromatic rings. The van der Waals surface area contributed by atoms with Crippen LogP contribution >= 0.6 is 0 Å². The van der Waals surface area contributed by atoms with E-state index in [1.165, 1.54) is 17.2 Å². The smallest absolute Gasteiger partial charge is 0.342 e. The van der Waals surface area contributed by atoms with Crippen molar-refractivity contribution in [2.75, 3.05) is 14.1 Å². The zero-order chi connectivity index (χ0) is 15.4. The molecular formula is C16H17NO4. The van der Waals surface area contributed by atoms with Crippen molar-refractivity contribution in [3.05, 3.63) is 59.5 Å². The Morgan fingerprint density at radius 1 is 1.14 bits per heavy atom. The number of rotatable bonds is 4. The number of hydrogen-bond donors (Lipinski definition) is 0. The molecule has 110 valence electrons. The summed E-state index contributed by atoms with van der Waals surface area (Å²) >= 11 is 0. The second-order valence-electron chi connectivity index (χ2n) is 4.82. The second kappa shape index (κ2) is 6.26. The minimum Gasteiger partial charge on any atom is -0.469 e. The van der Waals surface area contributed by atoms with Crippen LogP contribution in [0.2, 0.25) is 0 Å². The molecule has 1 aromatic carbocycles. The quantitative estimate of drug-likeness (QED) is 0.811. The molecule has 0 bridgehead atoms. The van der Waals surface area contributed by atoms with Crippen LogP contribution in [-0.2, 0) is 9.53 Å². The zero-order valence-electron chi connectivity index (χ0n) is 12.2. The molecule has 0 radical (unpaired) electrons. The Labute approximate surface area is 123 Å². The van der Waals surface area contributed by atoms with Crippen LogP contribution in [-0.4, -0.2) is 30.9 Å². The van der Waals surface area contributed by atoms with Crippen molar-refractivity contribution < 1.29 is 18.7 Å². The number of furan rings is 1. The van der Waals surface area contributed by atoms with Gasteiger partial charge in [0, 0.05) is 19.7 Å². The standard InChI is InChI=1S/C16H17NO4/c1-11-13(9-10-20-11)16(19)21-14(15(18)17(2)3)12-7-5-4-6-8-12/h4-10,14H,1-3H3/t14-/m1/s1. The zero-order valence-corrected chi connectivity index (χ0v) is 12.2. The minimum atomic E-state index is -0.969. The highest BCUT2D eigenvalue weighted by molar-refractivity contribution is 5.93. The van der Waals surface area contributed by atoms with Gasteiger partial charge < -0.3 is 14.1 Å². The molecule has 5 nitrogen and oxygen atoms in total. The van der Waals surface area contributed by atoms with Crippen molar-refractivity contribution in [2.45, 2.75) is 13.0 Å². The molecule has 1 aromatic heterocycles. The van der Waals surface area contributed by atoms with Gasteiger partial charge in [-0.25, -0.2) is 4.79 Å². The summed E-state index contributed by atoms with van der Waals surface area (Å²) in [6, 6.07) is 10.5. The summed E-state index contributed by atoms with van der Waals surface area (Å²) < 4.78 is 10.5. The van der Waals surface area contributed by atoms with Crippen molar-refractivity contribution in [1.29, 1.82) is 0 Å². The number of hydrogen-bond acceptors (Lipinski definition) is 4. The van der Waals surface area contributed by atoms with Crippen LogP contribution in [0.1, 0.15) is 27.8 Å². The lowest BCUT2D eigenvalue weighted by Crippen LogP contribution is -2.31. The van der Waals surface area contributed by atoms with E-state index in [-0.39, 0.29) is 5.91 Å². The highest BCUT2D eigenvalue weighted by atomic mass is 16.5. The van der Waals surface area contributed by atoms with Gasteiger partial charge in [-0.2, -0.15) is 0 Å². The third kappa shape index (κ3) is 3.31. The fourth-order valence-corrected chi connectivity index (χ4v) is 1.89. The van der Waals surface area contributed by atoms with Gasteiger partial charge in [-0.3, -0.25) is 4.79 Å². The van der Waals surface area contributed by atoms with Crippen LogP contribution in [0.3, 0.4) is 0 Å². The Kier molecular flexibility index (Phi) is 4.42. The van der Waals surface area contributed by atoms with Crippen LogP contribution in [0.4, 0.5) is 0 Å². The number of amides is 1. The molecule has 5 heteroatoms. The molecule has 0 saturated heterocycles. The topological polar surface area (TPSA) is 59.8 Å². The first-order valence-corrected chi connectivity index (χ1v) is 6.52. The predicted octanol–water partition coefficient (Wildman–Crippen LogP) is 2.57. The number of esters is 1. The van der Waals surface area contributed by atoms with Gasteiger partial charge in [-0.05, 0) is 13.0 Å². The highest BCUT2D eigenvalue weighted by Crippen LogP contribution is 2.22. The molecule has 0 aliphatic carbocycles. The number of nitrogens with zero attached hydrogens (tertiary/aromatic N) is 1. The Balaban J connectivity index is 2.27. The van der Waals surface area contributed by atoms with E-state index in [9.17, 15) is 9.59 Å². The maximum Gasteiger partial charge on any atom is 0.342 e. The average molecular weight is 287 g/mol. The Morgan fingerprint density at radius 3 is 2.33 bits per heavy atom. The molecule has 2 rings (SSSR count). The van der Waals surface area contributed by atoms with Gasteiger partial charge in [0.2, 0.25) is 6.10 Å². The molecule has 0 aliphatic heterocycles. The van der Waals surface area contributed by atoms with Gasteiger partial charge in [0.05, 0.1) is 6.26 Å². The van der Waals surface area contributed by atoms with E-state index in [1.54, 1.807) is 45.3 Å². The maximum absolute atomic E-state index is 12.3. The molecular weight excluding hydrogens is 270 g/mol. The van der Waals surface area contributed by atoms with E-state index in [2.05, 4.69) is 0 Å². The van der Waals surface area contributed by atoms with E-state index in [4.69, 9.17) is 9.15 Å². The van der Waals surface area contributed by atoms with E-state index >= 15 is 0 Å². The van der Waals surface area contributed by atoms with Crippen molar-refractivity contribution >= 4 is 11.9 Å². The fraction of sp³-hybridized carbons (Fsp3) is 0.250. The number of carbonyl (C=O) groups excluding carboxylic acids is 2. The van der Waals surface area contributed by atoms with Gasteiger partial charge in [0.15, 0.2) is 0 Å². The van der Waals surface area contributed by atoms with Crippen molar-refractivity contribution in [2.24, 2.45) is 0 Å². The lowest BCUT2D eigenvalue weighted by atomic mass is 10.1. The fourth-order valence-electron chi connectivity index (χ4n) is 1.89. The van der Waals surface area contributed by atoms with Gasteiger partial charge >= 0.3 is 5.97 Å². The summed E-state index contributed by atoms with van der Waals surface area (Å²) in [5, 5.41) is 0. The Bertz CT molecular complexity index is 631. The summed E-state index contributed by atoms with van der Waals surface area (Å²) in [7, 11) is 3.24. The molecule has 1 amide bonds. The summed E-state index contributed by atoms with van der Waals surface area (Å²) in [6.07, 6.45) is 0.444. The third-order valence-corrected chi connectivity index (χ3v) is 3.07. The molecule has 21 heavy (non-hydrogen) atoms. The van der Waals surface area contributed by atoms with Crippen LogP contribution in [0.25, 0.3) is 0 Å². The summed E-state index contributed by atoms with van der Waals surface area (Å²) in [5.41, 5.74) is 0.952. The maximum atomic E-state index is 12.3. The number of likely N-dealkylation sites (N-methyl/N-ethyl adjacent to an activating group) is 1. The van der Waals surface area contributed by atoms with E-state index in [0.717, 1.165) is 0 Å². The van der Waals surface area contributed by atoms with Gasteiger partial charge in [0.25, 0.3) is 5.91 Å². The first kappa shape index (κ1) is 14.8. The van der Waals surface area contributed by atoms with Crippen LogP contribution in [0, 0.1) is 6.92 Å². The molecule has 1 heterocycles. The Morgan fingerprint density at radius 2 is 1.81 bits per heavy atom. The average Bonchev–Trinajstić information content (AvgIpc) is 2.91. The Hall–Kier alpha value is -2.56.